The van der Waals surface area contributed by atoms with E-state index in [-0.39, 0.29) is 0 Å². The molecular formula is C4H7N2O2+. The number of aryl methyl sites for hydroxylation is 1. The van der Waals surface area contributed by atoms with Crippen molar-refractivity contribution in [2.45, 2.75) is 13.3 Å². The Hall–Kier alpha value is -1.06. The molecule has 0 aromatic carbocycles. The highest BCUT2D eigenvalue weighted by Crippen LogP contribution is 1.74. The van der Waals surface area contributed by atoms with E-state index in [1.807, 2.05) is 6.92 Å². The van der Waals surface area contributed by atoms with E-state index in [0.717, 1.165) is 12.2 Å². The zero-order chi connectivity index (χ0) is 5.98. The zero-order valence-electron chi connectivity index (χ0n) is 4.52. The van der Waals surface area contributed by atoms with Gasteiger partial charge in [0.05, 0.1) is 0 Å². The molecule has 0 spiro atoms. The molecule has 0 unspecified atom stereocenters. The minimum atomic E-state index is -0.429. The van der Waals surface area contributed by atoms with Gasteiger partial charge in [0.2, 0.25) is 0 Å². The van der Waals surface area contributed by atoms with Gasteiger partial charge in [-0.05, 0) is 0 Å². The number of H-pyrrole nitrogens is 2. The second-order valence-electron chi connectivity index (χ2n) is 1.45. The van der Waals surface area contributed by atoms with Crippen LogP contribution in [0.3, 0.4) is 0 Å². The minimum absolute atomic E-state index is 0.429. The van der Waals surface area contributed by atoms with Crippen molar-refractivity contribution in [1.29, 1.82) is 0 Å². The number of nitrogens with one attached hydrogen (secondary N) is 2. The first kappa shape index (κ1) is 5.08. The molecule has 0 aliphatic carbocycles. The van der Waals surface area contributed by atoms with Crippen LogP contribution in [0.15, 0.2) is 9.32 Å². The van der Waals surface area contributed by atoms with Gasteiger partial charge in [-0.2, -0.15) is 9.78 Å². The van der Waals surface area contributed by atoms with Gasteiger partial charge in [-0.1, -0.05) is 12.1 Å². The van der Waals surface area contributed by atoms with E-state index in [9.17, 15) is 4.79 Å². The lowest BCUT2D eigenvalue weighted by Crippen LogP contribution is -2.03. The van der Waals surface area contributed by atoms with Crippen molar-refractivity contribution in [2.24, 2.45) is 0 Å². The lowest BCUT2D eigenvalue weighted by Gasteiger charge is -1.67. The van der Waals surface area contributed by atoms with Gasteiger partial charge in [0, 0.05) is 6.42 Å². The molecule has 4 heteroatoms. The van der Waals surface area contributed by atoms with Crippen LogP contribution in [-0.4, -0.2) is 4.98 Å². The van der Waals surface area contributed by atoms with Crippen molar-refractivity contribution < 1.29 is 9.68 Å². The van der Waals surface area contributed by atoms with Crippen LogP contribution < -0.4 is 10.9 Å². The smallest absolute Gasteiger partial charge is 0.218 e. The summed E-state index contributed by atoms with van der Waals surface area (Å²) in [6.07, 6.45) is 0.756. The van der Waals surface area contributed by atoms with Gasteiger partial charge >= 0.3 is 5.76 Å². The second kappa shape index (κ2) is 1.81. The maximum Gasteiger partial charge on any atom is 0.546 e. The minimum Gasteiger partial charge on any atom is -0.218 e. The average Bonchev–Trinajstić information content (AvgIpc) is 2.14. The summed E-state index contributed by atoms with van der Waals surface area (Å²) in [6.45, 7) is 1.91. The summed E-state index contributed by atoms with van der Waals surface area (Å²) in [6, 6.07) is 0. The summed E-state index contributed by atoms with van der Waals surface area (Å²) in [7, 11) is 0. The third kappa shape index (κ3) is 0.776. The van der Waals surface area contributed by atoms with E-state index in [0.29, 0.717) is 0 Å². The molecule has 0 saturated carbocycles. The Morgan fingerprint density at radius 2 is 2.62 bits per heavy atom. The number of rotatable bonds is 1. The summed E-state index contributed by atoms with van der Waals surface area (Å²) >= 11 is 0. The van der Waals surface area contributed by atoms with Crippen LogP contribution in [0.1, 0.15) is 12.7 Å². The average molecular weight is 115 g/mol. The first-order valence-corrected chi connectivity index (χ1v) is 2.42. The SMILES string of the molecule is CCc1[nH]c(=O)o[nH+]1. The topological polar surface area (TPSA) is 60.1 Å². The predicted molar refractivity (Wildman–Crippen MR) is 25.3 cm³/mol. The molecule has 0 amide bonds. The van der Waals surface area contributed by atoms with Crippen LogP contribution in [0.5, 0.6) is 0 Å². The molecule has 0 aliphatic rings. The van der Waals surface area contributed by atoms with E-state index in [4.69, 9.17) is 0 Å². The highest BCUT2D eigenvalue weighted by molar-refractivity contribution is 4.65. The molecule has 0 bridgehead atoms. The van der Waals surface area contributed by atoms with Gasteiger partial charge in [-0.15, -0.1) is 0 Å². The molecule has 4 nitrogen and oxygen atoms in total. The van der Waals surface area contributed by atoms with Crippen LogP contribution in [0.25, 0.3) is 0 Å². The standard InChI is InChI=1S/C4H6N2O2/c1-2-3-5-4(7)8-6-3/h2H2,1H3,(H,5,6,7)/p+1. The van der Waals surface area contributed by atoms with Crippen molar-refractivity contribution in [3.8, 4) is 0 Å². The molecule has 1 rings (SSSR count). The van der Waals surface area contributed by atoms with Crippen molar-refractivity contribution in [3.05, 3.63) is 16.4 Å². The molecule has 44 valence electrons. The van der Waals surface area contributed by atoms with Crippen LogP contribution >= 0.6 is 0 Å². The van der Waals surface area contributed by atoms with E-state index in [2.05, 4.69) is 14.7 Å². The lowest BCUT2D eigenvalue weighted by atomic mass is 10.5. The van der Waals surface area contributed by atoms with Crippen LogP contribution in [0.2, 0.25) is 0 Å². The van der Waals surface area contributed by atoms with Gasteiger partial charge in [0.15, 0.2) is 0 Å². The second-order valence-corrected chi connectivity index (χ2v) is 1.45. The van der Waals surface area contributed by atoms with Crippen LogP contribution in [0.4, 0.5) is 0 Å². The lowest BCUT2D eigenvalue weighted by molar-refractivity contribution is -0.619. The first-order valence-electron chi connectivity index (χ1n) is 2.42. The number of hydrogen-bond donors (Lipinski definition) is 1. The maximum absolute atomic E-state index is 10.2. The Morgan fingerprint density at radius 3 is 2.88 bits per heavy atom. The quantitative estimate of drug-likeness (QED) is 0.528. The van der Waals surface area contributed by atoms with Crippen LogP contribution in [-0.2, 0) is 6.42 Å². The molecule has 0 saturated heterocycles. The molecule has 0 aliphatic heterocycles. The van der Waals surface area contributed by atoms with E-state index >= 15 is 0 Å². The monoisotopic (exact) mass is 115 g/mol. The largest absolute Gasteiger partial charge is 0.546 e. The van der Waals surface area contributed by atoms with Crippen molar-refractivity contribution >= 4 is 0 Å². The summed E-state index contributed by atoms with van der Waals surface area (Å²) in [5, 5.41) is 2.41. The predicted octanol–water partition coefficient (Wildman–Crippen LogP) is -0.656. The Bertz CT molecular complexity index is 212. The molecule has 8 heavy (non-hydrogen) atoms. The van der Waals surface area contributed by atoms with Crippen molar-refractivity contribution in [2.75, 3.05) is 0 Å². The summed E-state index contributed by atoms with van der Waals surface area (Å²) < 4.78 is 4.32. The highest BCUT2D eigenvalue weighted by Gasteiger charge is 2.01. The van der Waals surface area contributed by atoms with Gasteiger partial charge in [-0.3, -0.25) is 0 Å². The molecule has 0 radical (unpaired) electrons. The van der Waals surface area contributed by atoms with Gasteiger partial charge < -0.3 is 0 Å². The number of aromatic nitrogens is 2. The van der Waals surface area contributed by atoms with Crippen molar-refractivity contribution in [3.63, 3.8) is 0 Å². The van der Waals surface area contributed by atoms with Crippen molar-refractivity contribution in [1.82, 2.24) is 4.98 Å². The van der Waals surface area contributed by atoms with E-state index in [1.54, 1.807) is 0 Å². The number of aromatic amines is 2. The number of hydrogen-bond acceptors (Lipinski definition) is 2. The summed E-state index contributed by atoms with van der Waals surface area (Å²) in [5.41, 5.74) is 0. The molecule has 2 N–H and O–H groups in total. The molecule has 1 aromatic heterocycles. The van der Waals surface area contributed by atoms with Gasteiger partial charge in [0.25, 0.3) is 5.82 Å². The molecule has 1 aromatic rings. The third-order valence-electron chi connectivity index (χ3n) is 0.873. The fraction of sp³-hybridized carbons (Fsp3) is 0.500. The zero-order valence-corrected chi connectivity index (χ0v) is 4.52. The van der Waals surface area contributed by atoms with E-state index < -0.39 is 5.76 Å². The van der Waals surface area contributed by atoms with E-state index in [1.165, 1.54) is 0 Å². The molecule has 0 fully saturated rings. The Labute approximate surface area is 45.5 Å². The fourth-order valence-corrected chi connectivity index (χ4v) is 0.443. The molecule has 0 atom stereocenters. The highest BCUT2D eigenvalue weighted by atomic mass is 16.5. The third-order valence-corrected chi connectivity index (χ3v) is 0.873. The normalized spacial score (nSPS) is 9.62. The van der Waals surface area contributed by atoms with Gasteiger partial charge in [0.1, 0.15) is 0 Å². The fourth-order valence-electron chi connectivity index (χ4n) is 0.443. The first-order chi connectivity index (χ1) is 3.83. The summed E-state index contributed by atoms with van der Waals surface area (Å²) in [4.78, 5) is 12.6. The van der Waals surface area contributed by atoms with Gasteiger partial charge in [-0.25, -0.2) is 4.52 Å². The maximum atomic E-state index is 10.2. The summed E-state index contributed by atoms with van der Waals surface area (Å²) in [5.74, 6) is 0.289. The molecular weight excluding hydrogens is 108 g/mol. The Balaban J connectivity index is 3.01. The Morgan fingerprint density at radius 1 is 1.88 bits per heavy atom. The van der Waals surface area contributed by atoms with Crippen LogP contribution in [0, 0.1) is 0 Å². The Kier molecular flexibility index (Phi) is 1.15. The molecule has 1 heterocycles.